The number of nitrogens with one attached hydrogen (secondary N) is 2. The summed E-state index contributed by atoms with van der Waals surface area (Å²) < 4.78 is 1.37. The van der Waals surface area contributed by atoms with Gasteiger partial charge in [0.05, 0.1) is 12.3 Å². The molecule has 0 aliphatic rings. The standard InChI is InChI=1S/C16H23N7O/c1-15(2,3)11-9(17-7)13(21-19-11)20-18-10-12(16(4,5)6)22-23(8)14(10)24/h22H,1-6,8H3,(H,19,21). The van der Waals surface area contributed by atoms with Gasteiger partial charge in [-0.3, -0.25) is 19.7 Å². The van der Waals surface area contributed by atoms with Gasteiger partial charge in [-0.2, -0.15) is 5.10 Å². The second kappa shape index (κ2) is 5.74. The van der Waals surface area contributed by atoms with Crippen LogP contribution in [0.1, 0.15) is 52.9 Å². The number of nitrogens with zero attached hydrogens (tertiary/aromatic N) is 5. The van der Waals surface area contributed by atoms with E-state index in [2.05, 4.69) is 30.4 Å². The number of azo groups is 1. The summed E-state index contributed by atoms with van der Waals surface area (Å²) in [6, 6.07) is 0. The summed E-state index contributed by atoms with van der Waals surface area (Å²) in [5.74, 6) is 0.193. The van der Waals surface area contributed by atoms with E-state index < -0.39 is 0 Å². The molecule has 128 valence electrons. The molecule has 2 heterocycles. The minimum Gasteiger partial charge on any atom is -0.297 e. The van der Waals surface area contributed by atoms with Crippen molar-refractivity contribution in [1.82, 2.24) is 20.0 Å². The molecule has 2 aromatic rings. The van der Waals surface area contributed by atoms with Crippen molar-refractivity contribution in [2.24, 2.45) is 17.3 Å². The van der Waals surface area contributed by atoms with Crippen LogP contribution < -0.4 is 5.56 Å². The third kappa shape index (κ3) is 3.15. The summed E-state index contributed by atoms with van der Waals surface area (Å²) in [6.07, 6.45) is 0. The molecule has 0 atom stereocenters. The molecule has 0 spiro atoms. The number of aromatic amines is 2. The molecule has 0 aromatic carbocycles. The predicted octanol–water partition coefficient (Wildman–Crippen LogP) is 4.00. The molecular formula is C16H23N7O. The van der Waals surface area contributed by atoms with Crippen molar-refractivity contribution in [1.29, 1.82) is 0 Å². The van der Waals surface area contributed by atoms with Crippen LogP contribution in [-0.4, -0.2) is 20.0 Å². The molecule has 2 aromatic heterocycles. The summed E-state index contributed by atoms with van der Waals surface area (Å²) in [6.45, 7) is 19.3. The van der Waals surface area contributed by atoms with Crippen molar-refractivity contribution in [2.75, 3.05) is 0 Å². The lowest BCUT2D eigenvalue weighted by Crippen LogP contribution is -2.12. The van der Waals surface area contributed by atoms with Crippen LogP contribution in [0.15, 0.2) is 15.0 Å². The first-order chi connectivity index (χ1) is 11.0. The average molecular weight is 329 g/mol. The van der Waals surface area contributed by atoms with Crippen LogP contribution in [0.5, 0.6) is 0 Å². The average Bonchev–Trinajstić information content (AvgIpc) is 2.98. The fraction of sp³-hybridized carbons (Fsp3) is 0.562. The van der Waals surface area contributed by atoms with Gasteiger partial charge in [-0.1, -0.05) is 41.5 Å². The van der Waals surface area contributed by atoms with Crippen molar-refractivity contribution in [2.45, 2.75) is 52.4 Å². The molecule has 0 bridgehead atoms. The molecule has 0 fully saturated rings. The number of H-pyrrole nitrogens is 2. The maximum Gasteiger partial charge on any atom is 0.294 e. The fourth-order valence-electron chi connectivity index (χ4n) is 2.28. The van der Waals surface area contributed by atoms with Crippen molar-refractivity contribution in [3.63, 3.8) is 0 Å². The van der Waals surface area contributed by atoms with Gasteiger partial charge in [0.15, 0.2) is 5.69 Å². The number of hydrogen-bond acceptors (Lipinski definition) is 4. The lowest BCUT2D eigenvalue weighted by molar-refractivity contribution is 0.552. The van der Waals surface area contributed by atoms with Crippen LogP contribution in [0.2, 0.25) is 0 Å². The highest BCUT2D eigenvalue weighted by Gasteiger charge is 2.26. The molecule has 0 saturated carbocycles. The van der Waals surface area contributed by atoms with Gasteiger partial charge < -0.3 is 0 Å². The van der Waals surface area contributed by atoms with E-state index in [1.54, 1.807) is 7.05 Å². The maximum atomic E-state index is 12.3. The monoisotopic (exact) mass is 329 g/mol. The van der Waals surface area contributed by atoms with Crippen molar-refractivity contribution in [3.8, 4) is 0 Å². The zero-order valence-corrected chi connectivity index (χ0v) is 15.1. The first-order valence-electron chi connectivity index (χ1n) is 7.64. The van der Waals surface area contributed by atoms with Crippen molar-refractivity contribution < 1.29 is 0 Å². The second-order valence-corrected chi connectivity index (χ2v) is 7.78. The van der Waals surface area contributed by atoms with Crippen LogP contribution >= 0.6 is 0 Å². The number of aromatic nitrogens is 4. The minimum absolute atomic E-state index is 0.193. The molecule has 0 aliphatic heterocycles. The van der Waals surface area contributed by atoms with Gasteiger partial charge in [0, 0.05) is 18.2 Å². The SMILES string of the molecule is [C-]#[N+]c1c(N=Nc2c(C(C)(C)C)[nH]n(C)c2=O)n[nH]c1C(C)(C)C. The number of aryl methyl sites for hydroxylation is 1. The normalized spacial score (nSPS) is 12.8. The minimum atomic E-state index is -0.292. The van der Waals surface area contributed by atoms with Crippen LogP contribution in [0.4, 0.5) is 17.2 Å². The first kappa shape index (κ1) is 17.7. The lowest BCUT2D eigenvalue weighted by atomic mass is 9.91. The van der Waals surface area contributed by atoms with Gasteiger partial charge >= 0.3 is 0 Å². The summed E-state index contributed by atoms with van der Waals surface area (Å²) in [7, 11) is 1.63. The molecule has 0 radical (unpaired) electrons. The molecule has 8 heteroatoms. The van der Waals surface area contributed by atoms with E-state index in [9.17, 15) is 4.79 Å². The molecule has 2 N–H and O–H groups in total. The summed E-state index contributed by atoms with van der Waals surface area (Å²) >= 11 is 0. The van der Waals surface area contributed by atoms with Gasteiger partial charge in [0.2, 0.25) is 5.82 Å². The Morgan fingerprint density at radius 1 is 1.08 bits per heavy atom. The summed E-state index contributed by atoms with van der Waals surface area (Å²) in [4.78, 5) is 15.8. The summed E-state index contributed by atoms with van der Waals surface area (Å²) in [5, 5.41) is 18.1. The third-order valence-corrected chi connectivity index (χ3v) is 3.60. The van der Waals surface area contributed by atoms with E-state index in [1.165, 1.54) is 4.68 Å². The van der Waals surface area contributed by atoms with Crippen molar-refractivity contribution in [3.05, 3.63) is 33.2 Å². The first-order valence-corrected chi connectivity index (χ1v) is 7.64. The smallest absolute Gasteiger partial charge is 0.294 e. The van der Waals surface area contributed by atoms with Gasteiger partial charge in [0.1, 0.15) is 0 Å². The molecule has 8 nitrogen and oxygen atoms in total. The van der Waals surface area contributed by atoms with E-state index in [0.717, 1.165) is 0 Å². The zero-order chi connectivity index (χ0) is 18.3. The van der Waals surface area contributed by atoms with Crippen LogP contribution in [-0.2, 0) is 17.9 Å². The zero-order valence-electron chi connectivity index (χ0n) is 15.1. The molecule has 0 amide bonds. The van der Waals surface area contributed by atoms with Crippen LogP contribution in [0.25, 0.3) is 4.85 Å². The van der Waals surface area contributed by atoms with E-state index in [1.807, 2.05) is 41.5 Å². The molecular weight excluding hydrogens is 306 g/mol. The Hall–Kier alpha value is -2.69. The number of rotatable bonds is 2. The van der Waals surface area contributed by atoms with E-state index in [-0.39, 0.29) is 27.9 Å². The summed E-state index contributed by atoms with van der Waals surface area (Å²) in [5.41, 5.74) is 1.14. The molecule has 0 saturated heterocycles. The Morgan fingerprint density at radius 3 is 2.17 bits per heavy atom. The molecule has 24 heavy (non-hydrogen) atoms. The highest BCUT2D eigenvalue weighted by Crippen LogP contribution is 2.37. The third-order valence-electron chi connectivity index (χ3n) is 3.60. The van der Waals surface area contributed by atoms with Gasteiger partial charge in [-0.15, -0.1) is 10.2 Å². The van der Waals surface area contributed by atoms with Crippen molar-refractivity contribution >= 4 is 17.2 Å². The Morgan fingerprint density at radius 2 is 1.67 bits per heavy atom. The highest BCUT2D eigenvalue weighted by atomic mass is 16.1. The van der Waals surface area contributed by atoms with Crippen LogP contribution in [0, 0.1) is 6.57 Å². The molecule has 0 aliphatic carbocycles. The second-order valence-electron chi connectivity index (χ2n) is 7.78. The van der Waals surface area contributed by atoms with Gasteiger partial charge in [-0.25, -0.2) is 4.85 Å². The quantitative estimate of drug-likeness (QED) is 0.643. The Balaban J connectivity index is 2.53. The van der Waals surface area contributed by atoms with Crippen LogP contribution in [0.3, 0.4) is 0 Å². The Bertz CT molecular complexity index is 876. The predicted molar refractivity (Wildman–Crippen MR) is 92.5 cm³/mol. The van der Waals surface area contributed by atoms with E-state index in [4.69, 9.17) is 6.57 Å². The lowest BCUT2D eigenvalue weighted by Gasteiger charge is -2.16. The fourth-order valence-corrected chi connectivity index (χ4v) is 2.28. The number of hydrogen-bond donors (Lipinski definition) is 2. The largest absolute Gasteiger partial charge is 0.297 e. The maximum absolute atomic E-state index is 12.3. The highest BCUT2D eigenvalue weighted by molar-refractivity contribution is 5.66. The Kier molecular flexibility index (Phi) is 4.23. The van der Waals surface area contributed by atoms with Gasteiger partial charge in [-0.05, 0) is 5.41 Å². The van der Waals surface area contributed by atoms with E-state index >= 15 is 0 Å². The van der Waals surface area contributed by atoms with Gasteiger partial charge in [0.25, 0.3) is 11.2 Å². The van der Waals surface area contributed by atoms with E-state index in [0.29, 0.717) is 17.1 Å². The Labute approximate surface area is 140 Å². The topological polar surface area (TPSA) is 95.6 Å². The molecule has 0 unspecified atom stereocenters. The molecule has 2 rings (SSSR count).